The average Bonchev–Trinajstić information content (AvgIpc) is 2.53. The third-order valence-corrected chi connectivity index (χ3v) is 3.88. The molecule has 2 nitrogen and oxygen atoms in total. The molecule has 2 atom stereocenters. The summed E-state index contributed by atoms with van der Waals surface area (Å²) in [6.07, 6.45) is 0.990. The van der Waals surface area contributed by atoms with Gasteiger partial charge in [0.2, 0.25) is 0 Å². The molecule has 0 amide bonds. The van der Waals surface area contributed by atoms with Gasteiger partial charge in [-0.1, -0.05) is 67.1 Å². The molecule has 2 unspecified atom stereocenters. The van der Waals surface area contributed by atoms with Crippen LogP contribution < -0.4 is 5.32 Å². The van der Waals surface area contributed by atoms with Gasteiger partial charge in [0.1, 0.15) is 6.10 Å². The smallest absolute Gasteiger partial charge is 0.102 e. The molecule has 0 fully saturated rings. The molecule has 0 heterocycles. The van der Waals surface area contributed by atoms with Crippen LogP contribution in [-0.2, 0) is 4.74 Å². The van der Waals surface area contributed by atoms with E-state index in [-0.39, 0.29) is 12.1 Å². The van der Waals surface area contributed by atoms with Crippen molar-refractivity contribution in [2.75, 3.05) is 13.7 Å². The van der Waals surface area contributed by atoms with E-state index >= 15 is 0 Å². The molecule has 2 rings (SSSR count). The van der Waals surface area contributed by atoms with E-state index in [0.717, 1.165) is 29.1 Å². The molecule has 0 bridgehead atoms. The van der Waals surface area contributed by atoms with E-state index in [0.29, 0.717) is 0 Å². The fraction of sp³-hybridized carbons (Fsp3) is 0.333. The van der Waals surface area contributed by atoms with Crippen LogP contribution in [0.1, 0.15) is 36.6 Å². The number of methoxy groups -OCH3 is 1. The maximum absolute atomic E-state index is 6.39. The number of ether oxygens (including phenoxy) is 1. The highest BCUT2D eigenvalue weighted by molar-refractivity contribution is 6.31. The molecule has 3 heteroatoms. The molecular weight excluding hydrogens is 282 g/mol. The number of rotatable bonds is 7. The van der Waals surface area contributed by atoms with Crippen molar-refractivity contribution < 1.29 is 4.74 Å². The maximum Gasteiger partial charge on any atom is 0.102 e. The Bertz CT molecular complexity index is 544. The molecule has 1 N–H and O–H groups in total. The zero-order valence-electron chi connectivity index (χ0n) is 12.6. The zero-order valence-corrected chi connectivity index (χ0v) is 13.3. The Kier molecular flexibility index (Phi) is 6.24. The van der Waals surface area contributed by atoms with E-state index in [4.69, 9.17) is 16.3 Å². The second kappa shape index (κ2) is 8.18. The van der Waals surface area contributed by atoms with Crippen LogP contribution in [0, 0.1) is 0 Å². The highest BCUT2D eigenvalue weighted by Crippen LogP contribution is 2.34. The van der Waals surface area contributed by atoms with E-state index in [1.165, 1.54) is 0 Å². The topological polar surface area (TPSA) is 21.3 Å². The van der Waals surface area contributed by atoms with E-state index in [1.807, 2.05) is 36.4 Å². The highest BCUT2D eigenvalue weighted by atomic mass is 35.5. The average molecular weight is 304 g/mol. The normalized spacial score (nSPS) is 13.9. The van der Waals surface area contributed by atoms with Gasteiger partial charge in [-0.05, 0) is 30.2 Å². The van der Waals surface area contributed by atoms with Gasteiger partial charge in [-0.15, -0.1) is 0 Å². The fourth-order valence-corrected chi connectivity index (χ4v) is 2.77. The largest absolute Gasteiger partial charge is 0.375 e. The third kappa shape index (κ3) is 4.07. The lowest BCUT2D eigenvalue weighted by atomic mass is 9.95. The minimum absolute atomic E-state index is 0.0334. The van der Waals surface area contributed by atoms with Crippen LogP contribution in [0.3, 0.4) is 0 Å². The maximum atomic E-state index is 6.39. The van der Waals surface area contributed by atoms with Crippen LogP contribution in [0.25, 0.3) is 0 Å². The SMILES string of the molecule is CCCNC(c1ccccc1Cl)C(OC)c1ccccc1. The molecule has 2 aromatic carbocycles. The minimum atomic E-state index is -0.0716. The lowest BCUT2D eigenvalue weighted by Crippen LogP contribution is -2.29. The van der Waals surface area contributed by atoms with E-state index in [1.54, 1.807) is 7.11 Å². The first-order valence-electron chi connectivity index (χ1n) is 7.33. The Labute approximate surface area is 132 Å². The van der Waals surface area contributed by atoms with Crippen LogP contribution >= 0.6 is 11.6 Å². The van der Waals surface area contributed by atoms with Gasteiger partial charge < -0.3 is 10.1 Å². The molecule has 0 spiro atoms. The molecule has 0 aliphatic heterocycles. The molecule has 21 heavy (non-hydrogen) atoms. The standard InChI is InChI=1S/C18H22ClNO/c1-3-13-20-17(15-11-7-8-12-16(15)19)18(21-2)14-9-5-4-6-10-14/h4-12,17-18,20H,3,13H2,1-2H3. The van der Waals surface area contributed by atoms with Crippen LogP contribution in [0.2, 0.25) is 5.02 Å². The molecule has 0 aliphatic rings. The second-order valence-corrected chi connectivity index (χ2v) is 5.43. The van der Waals surface area contributed by atoms with Crippen LogP contribution in [0.5, 0.6) is 0 Å². The molecule has 2 aromatic rings. The highest BCUT2D eigenvalue weighted by Gasteiger charge is 2.25. The van der Waals surface area contributed by atoms with Crippen molar-refractivity contribution in [3.05, 3.63) is 70.7 Å². The predicted octanol–water partition coefficient (Wildman–Crippen LogP) is 4.77. The van der Waals surface area contributed by atoms with Gasteiger partial charge >= 0.3 is 0 Å². The predicted molar refractivity (Wildman–Crippen MR) is 88.7 cm³/mol. The van der Waals surface area contributed by atoms with E-state index in [2.05, 4.69) is 30.4 Å². The number of hydrogen-bond donors (Lipinski definition) is 1. The summed E-state index contributed by atoms with van der Waals surface area (Å²) in [5.74, 6) is 0. The molecule has 0 aromatic heterocycles. The van der Waals surface area contributed by atoms with Gasteiger partial charge in [0, 0.05) is 12.1 Å². The van der Waals surface area contributed by atoms with Crippen molar-refractivity contribution in [3.8, 4) is 0 Å². The summed E-state index contributed by atoms with van der Waals surface area (Å²) in [6.45, 7) is 3.07. The lowest BCUT2D eigenvalue weighted by molar-refractivity contribution is 0.0676. The zero-order chi connectivity index (χ0) is 15.1. The number of hydrogen-bond acceptors (Lipinski definition) is 2. The van der Waals surface area contributed by atoms with Crippen molar-refractivity contribution in [2.24, 2.45) is 0 Å². The first-order valence-corrected chi connectivity index (χ1v) is 7.71. The van der Waals surface area contributed by atoms with Crippen LogP contribution in [-0.4, -0.2) is 13.7 Å². The number of halogens is 1. The third-order valence-electron chi connectivity index (χ3n) is 3.54. The summed E-state index contributed by atoms with van der Waals surface area (Å²) < 4.78 is 5.78. The summed E-state index contributed by atoms with van der Waals surface area (Å²) in [6, 6.07) is 18.2. The quantitative estimate of drug-likeness (QED) is 0.795. The van der Waals surface area contributed by atoms with E-state index < -0.39 is 0 Å². The molecular formula is C18H22ClNO. The van der Waals surface area contributed by atoms with Gasteiger partial charge in [-0.3, -0.25) is 0 Å². The second-order valence-electron chi connectivity index (χ2n) is 5.02. The van der Waals surface area contributed by atoms with Crippen molar-refractivity contribution in [3.63, 3.8) is 0 Å². The Hall–Kier alpha value is -1.35. The first-order chi connectivity index (χ1) is 10.3. The van der Waals surface area contributed by atoms with Crippen molar-refractivity contribution >= 4 is 11.6 Å². The van der Waals surface area contributed by atoms with Crippen molar-refractivity contribution in [1.29, 1.82) is 0 Å². The van der Waals surface area contributed by atoms with Gasteiger partial charge in [0.15, 0.2) is 0 Å². The van der Waals surface area contributed by atoms with Gasteiger partial charge in [0.05, 0.1) is 6.04 Å². The molecule has 0 saturated carbocycles. The number of nitrogens with one attached hydrogen (secondary N) is 1. The number of benzene rings is 2. The Morgan fingerprint density at radius 2 is 1.71 bits per heavy atom. The Balaban J connectivity index is 2.36. The molecule has 112 valence electrons. The minimum Gasteiger partial charge on any atom is -0.375 e. The molecule has 0 saturated heterocycles. The molecule has 0 radical (unpaired) electrons. The van der Waals surface area contributed by atoms with Crippen LogP contribution in [0.15, 0.2) is 54.6 Å². The van der Waals surface area contributed by atoms with E-state index in [9.17, 15) is 0 Å². The summed E-state index contributed by atoms with van der Waals surface area (Å²) in [7, 11) is 1.75. The lowest BCUT2D eigenvalue weighted by Gasteiger charge is -2.28. The molecule has 0 aliphatic carbocycles. The summed E-state index contributed by atoms with van der Waals surface area (Å²) in [5, 5.41) is 4.33. The fourth-order valence-electron chi connectivity index (χ4n) is 2.51. The summed E-state index contributed by atoms with van der Waals surface area (Å²) >= 11 is 6.39. The monoisotopic (exact) mass is 303 g/mol. The van der Waals surface area contributed by atoms with Crippen LogP contribution in [0.4, 0.5) is 0 Å². The van der Waals surface area contributed by atoms with Gasteiger partial charge in [-0.25, -0.2) is 0 Å². The Morgan fingerprint density at radius 1 is 1.05 bits per heavy atom. The summed E-state index contributed by atoms with van der Waals surface area (Å²) in [5.41, 5.74) is 2.22. The Morgan fingerprint density at radius 3 is 2.33 bits per heavy atom. The van der Waals surface area contributed by atoms with Gasteiger partial charge in [-0.2, -0.15) is 0 Å². The van der Waals surface area contributed by atoms with Gasteiger partial charge in [0.25, 0.3) is 0 Å². The first kappa shape index (κ1) is 16.0. The van der Waals surface area contributed by atoms with Crippen molar-refractivity contribution in [1.82, 2.24) is 5.32 Å². The van der Waals surface area contributed by atoms with Crippen molar-refractivity contribution in [2.45, 2.75) is 25.5 Å². The summed E-state index contributed by atoms with van der Waals surface area (Å²) in [4.78, 5) is 0.